The van der Waals surface area contributed by atoms with Crippen LogP contribution in [-0.4, -0.2) is 29.5 Å². The van der Waals surface area contributed by atoms with Crippen LogP contribution in [0.5, 0.6) is 0 Å². The maximum atomic E-state index is 13.0. The Hall–Kier alpha value is -2.60. The quantitative estimate of drug-likeness (QED) is 0.659. The Morgan fingerprint density at radius 3 is 2.64 bits per heavy atom. The van der Waals surface area contributed by atoms with Crippen molar-refractivity contribution in [2.75, 3.05) is 6.26 Å². The Bertz CT molecular complexity index is 1150. The maximum absolute atomic E-state index is 13.0. The lowest BCUT2D eigenvalue weighted by atomic mass is 10.1. The number of sulfonamides is 1. The fraction of sp³-hybridized carbons (Fsp3) is 0.318. The summed E-state index contributed by atoms with van der Waals surface area (Å²) >= 11 is 0. The molecule has 0 aliphatic heterocycles. The number of carbonyl (C=O) groups is 1. The molecule has 3 aromatic rings. The number of carbonyl (C=O) groups excluding carboxylic acids is 1. The van der Waals surface area contributed by atoms with Crippen molar-refractivity contribution in [2.24, 2.45) is 0 Å². The van der Waals surface area contributed by atoms with Gasteiger partial charge in [0.25, 0.3) is 0 Å². The van der Waals surface area contributed by atoms with Crippen LogP contribution in [-0.2, 0) is 27.8 Å². The molecule has 28 heavy (non-hydrogen) atoms. The van der Waals surface area contributed by atoms with E-state index in [2.05, 4.69) is 6.07 Å². The summed E-state index contributed by atoms with van der Waals surface area (Å²) in [6, 6.07) is 15.4. The summed E-state index contributed by atoms with van der Waals surface area (Å²) < 4.78 is 28.1. The van der Waals surface area contributed by atoms with Gasteiger partial charge in [0.2, 0.25) is 15.9 Å². The summed E-state index contributed by atoms with van der Waals surface area (Å²) in [5.41, 5.74) is 4.28. The van der Waals surface area contributed by atoms with Gasteiger partial charge in [-0.2, -0.15) is 0 Å². The number of benzene rings is 2. The lowest BCUT2D eigenvalue weighted by Crippen LogP contribution is -2.39. The van der Waals surface area contributed by atoms with E-state index >= 15 is 0 Å². The van der Waals surface area contributed by atoms with Gasteiger partial charge in [-0.1, -0.05) is 42.5 Å². The predicted octanol–water partition coefficient (Wildman–Crippen LogP) is 3.82. The summed E-state index contributed by atoms with van der Waals surface area (Å²) in [6.45, 7) is 2.49. The van der Waals surface area contributed by atoms with Crippen molar-refractivity contribution in [3.8, 4) is 0 Å². The summed E-state index contributed by atoms with van der Waals surface area (Å²) in [6.07, 6.45) is 4.73. The summed E-state index contributed by atoms with van der Waals surface area (Å²) in [5, 5.41) is 1.15. The zero-order valence-corrected chi connectivity index (χ0v) is 16.9. The standard InChI is InChI=1S/C22H24N2O3S/c1-16-15-23(20-10-6-5-8-18(16)20)14-13-22(25)24(28(2,26)27)21-12-11-17-7-3-4-9-19(17)21/h3-10,15,21H,11-14H2,1-2H3. The lowest BCUT2D eigenvalue weighted by molar-refractivity contribution is -0.128. The minimum atomic E-state index is -3.66. The molecule has 0 fully saturated rings. The highest BCUT2D eigenvalue weighted by molar-refractivity contribution is 7.88. The molecular formula is C22H24N2O3S. The molecule has 1 aliphatic carbocycles. The van der Waals surface area contributed by atoms with E-state index in [0.29, 0.717) is 13.0 Å². The molecule has 6 heteroatoms. The summed E-state index contributed by atoms with van der Waals surface area (Å²) in [7, 11) is -3.66. The van der Waals surface area contributed by atoms with Crippen LogP contribution in [0, 0.1) is 6.92 Å². The average molecular weight is 397 g/mol. The minimum absolute atomic E-state index is 0.143. The molecule has 0 bridgehead atoms. The first kappa shape index (κ1) is 18.7. The fourth-order valence-corrected chi connectivity index (χ4v) is 5.45. The smallest absolute Gasteiger partial charge is 0.238 e. The van der Waals surface area contributed by atoms with Crippen LogP contribution in [0.1, 0.15) is 35.6 Å². The summed E-state index contributed by atoms with van der Waals surface area (Å²) in [4.78, 5) is 13.0. The molecule has 0 saturated heterocycles. The van der Waals surface area contributed by atoms with Crippen LogP contribution in [0.3, 0.4) is 0 Å². The number of nitrogens with zero attached hydrogens (tertiary/aromatic N) is 2. The highest BCUT2D eigenvalue weighted by Gasteiger charge is 2.36. The number of hydrogen-bond donors (Lipinski definition) is 0. The molecule has 1 aliphatic rings. The molecule has 2 aromatic carbocycles. The number of para-hydroxylation sites is 1. The molecule has 5 nitrogen and oxygen atoms in total. The second-order valence-corrected chi connectivity index (χ2v) is 9.34. The molecule has 146 valence electrons. The van der Waals surface area contributed by atoms with Crippen molar-refractivity contribution in [2.45, 2.75) is 38.8 Å². The number of aryl methyl sites for hydroxylation is 3. The second kappa shape index (κ2) is 7.09. The minimum Gasteiger partial charge on any atom is -0.347 e. The van der Waals surface area contributed by atoms with E-state index in [1.54, 1.807) is 0 Å². The van der Waals surface area contributed by atoms with Crippen molar-refractivity contribution in [3.63, 3.8) is 0 Å². The van der Waals surface area contributed by atoms with Crippen molar-refractivity contribution < 1.29 is 13.2 Å². The Labute approximate surface area is 165 Å². The van der Waals surface area contributed by atoms with Crippen molar-refractivity contribution in [1.82, 2.24) is 8.87 Å². The van der Waals surface area contributed by atoms with Gasteiger partial charge in [-0.15, -0.1) is 0 Å². The molecule has 0 spiro atoms. The first-order valence-corrected chi connectivity index (χ1v) is 11.4. The van der Waals surface area contributed by atoms with Crippen LogP contribution < -0.4 is 0 Å². The van der Waals surface area contributed by atoms with Crippen LogP contribution in [0.25, 0.3) is 10.9 Å². The Morgan fingerprint density at radius 1 is 1.14 bits per heavy atom. The van der Waals surface area contributed by atoms with Gasteiger partial charge < -0.3 is 4.57 Å². The number of rotatable bonds is 5. The summed E-state index contributed by atoms with van der Waals surface area (Å²) in [5.74, 6) is -0.348. The van der Waals surface area contributed by atoms with Gasteiger partial charge in [-0.3, -0.25) is 4.79 Å². The third-order valence-corrected chi connectivity index (χ3v) is 6.71. The van der Waals surface area contributed by atoms with Gasteiger partial charge in [-0.25, -0.2) is 12.7 Å². The Balaban J connectivity index is 1.59. The van der Waals surface area contributed by atoms with Crippen LogP contribution in [0.4, 0.5) is 0 Å². The van der Waals surface area contributed by atoms with Crippen LogP contribution in [0.15, 0.2) is 54.7 Å². The largest absolute Gasteiger partial charge is 0.347 e. The van der Waals surface area contributed by atoms with Crippen molar-refractivity contribution >= 4 is 26.8 Å². The van der Waals surface area contributed by atoms with E-state index in [1.807, 2.05) is 60.2 Å². The lowest BCUT2D eigenvalue weighted by Gasteiger charge is -2.27. The highest BCUT2D eigenvalue weighted by atomic mass is 32.2. The molecule has 1 amide bonds. The normalized spacial score (nSPS) is 16.3. The van der Waals surface area contributed by atoms with E-state index in [-0.39, 0.29) is 12.3 Å². The number of amides is 1. The van der Waals surface area contributed by atoms with E-state index in [9.17, 15) is 13.2 Å². The van der Waals surface area contributed by atoms with Gasteiger partial charge in [0, 0.05) is 30.1 Å². The Kier molecular flexibility index (Phi) is 4.75. The van der Waals surface area contributed by atoms with Gasteiger partial charge in [0.15, 0.2) is 0 Å². The second-order valence-electron chi connectivity index (χ2n) is 7.48. The van der Waals surface area contributed by atoms with Gasteiger partial charge >= 0.3 is 0 Å². The monoisotopic (exact) mass is 396 g/mol. The number of hydrogen-bond acceptors (Lipinski definition) is 3. The van der Waals surface area contributed by atoms with E-state index in [1.165, 1.54) is 0 Å². The van der Waals surface area contributed by atoms with Crippen molar-refractivity contribution in [1.29, 1.82) is 0 Å². The van der Waals surface area contributed by atoms with E-state index in [0.717, 1.165) is 44.6 Å². The number of aromatic nitrogens is 1. The maximum Gasteiger partial charge on any atom is 0.238 e. The van der Waals surface area contributed by atoms with E-state index in [4.69, 9.17) is 0 Å². The molecule has 1 atom stereocenters. The predicted molar refractivity (Wildman–Crippen MR) is 110 cm³/mol. The van der Waals surface area contributed by atoms with Crippen molar-refractivity contribution in [3.05, 3.63) is 71.4 Å². The molecule has 0 saturated carbocycles. The zero-order valence-electron chi connectivity index (χ0n) is 16.1. The van der Waals surface area contributed by atoms with E-state index < -0.39 is 16.1 Å². The third kappa shape index (κ3) is 3.33. The average Bonchev–Trinajstić information content (AvgIpc) is 3.21. The zero-order chi connectivity index (χ0) is 19.9. The molecule has 1 aromatic heterocycles. The van der Waals surface area contributed by atoms with Crippen LogP contribution in [0.2, 0.25) is 0 Å². The molecule has 0 N–H and O–H groups in total. The van der Waals surface area contributed by atoms with Gasteiger partial charge in [-0.05, 0) is 42.5 Å². The Morgan fingerprint density at radius 2 is 1.86 bits per heavy atom. The van der Waals surface area contributed by atoms with Gasteiger partial charge in [0.05, 0.1) is 12.3 Å². The first-order chi connectivity index (χ1) is 13.4. The fourth-order valence-electron chi connectivity index (χ4n) is 4.31. The van der Waals surface area contributed by atoms with Gasteiger partial charge in [0.1, 0.15) is 0 Å². The first-order valence-electron chi connectivity index (χ1n) is 9.51. The number of fused-ring (bicyclic) bond motifs is 2. The molecular weight excluding hydrogens is 372 g/mol. The molecule has 1 unspecified atom stereocenters. The molecule has 4 rings (SSSR count). The van der Waals surface area contributed by atoms with Crippen LogP contribution >= 0.6 is 0 Å². The topological polar surface area (TPSA) is 59.4 Å². The SMILES string of the molecule is Cc1cn(CCC(=O)N(C2CCc3ccccc32)S(C)(=O)=O)c2ccccc12. The molecule has 1 heterocycles. The highest BCUT2D eigenvalue weighted by Crippen LogP contribution is 2.37. The third-order valence-electron chi connectivity index (χ3n) is 5.54. The molecule has 0 radical (unpaired) electrons.